The first kappa shape index (κ1) is 39.3. The largest absolute Gasteiger partial charge is 0.465 e. The van der Waals surface area contributed by atoms with E-state index in [1.807, 2.05) is 79.0 Å². The maximum atomic E-state index is 13.7. The van der Waals surface area contributed by atoms with Crippen molar-refractivity contribution in [2.75, 3.05) is 0 Å². The second kappa shape index (κ2) is 17.2. The molecule has 0 aliphatic rings. The molecule has 4 atom stereocenters. The third-order valence-electron chi connectivity index (χ3n) is 9.91. The number of nitrogens with zero attached hydrogens (tertiary/aromatic N) is 1. The Morgan fingerprint density at radius 2 is 1.37 bits per heavy atom. The van der Waals surface area contributed by atoms with Crippen LogP contribution in [-0.4, -0.2) is 48.8 Å². The van der Waals surface area contributed by atoms with Crippen molar-refractivity contribution in [3.8, 4) is 11.1 Å². The third kappa shape index (κ3) is 11.5. The highest BCUT2D eigenvalue weighted by molar-refractivity contribution is 6.74. The van der Waals surface area contributed by atoms with E-state index in [2.05, 4.69) is 94.5 Å². The summed E-state index contributed by atoms with van der Waals surface area (Å²) in [7, 11) is -2.45. The zero-order chi connectivity index (χ0) is 37.2. The minimum absolute atomic E-state index is 0.125. The van der Waals surface area contributed by atoms with E-state index in [0.717, 1.165) is 27.8 Å². The number of carboxylic acid groups (broad SMARTS) is 1. The molecule has 0 aliphatic carbocycles. The predicted octanol–water partition coefficient (Wildman–Crippen LogP) is 9.83. The van der Waals surface area contributed by atoms with E-state index < -0.39 is 38.7 Å². The normalized spacial score (nSPS) is 14.5. The molecule has 4 aromatic rings. The van der Waals surface area contributed by atoms with Crippen molar-refractivity contribution in [1.29, 1.82) is 0 Å². The van der Waals surface area contributed by atoms with Gasteiger partial charge >= 0.3 is 12.2 Å². The Balaban J connectivity index is 1.79. The van der Waals surface area contributed by atoms with Crippen LogP contribution in [0.5, 0.6) is 0 Å². The van der Waals surface area contributed by atoms with Crippen LogP contribution in [0.25, 0.3) is 11.1 Å². The highest BCUT2D eigenvalue weighted by Gasteiger charge is 2.44. The van der Waals surface area contributed by atoms with Gasteiger partial charge in [0.05, 0.1) is 12.1 Å². The Morgan fingerprint density at radius 1 is 0.765 bits per heavy atom. The van der Waals surface area contributed by atoms with E-state index in [4.69, 9.17) is 9.16 Å². The number of ether oxygens (including phenoxy) is 1. The van der Waals surface area contributed by atoms with Gasteiger partial charge in [-0.3, -0.25) is 4.98 Å². The highest BCUT2D eigenvalue weighted by atomic mass is 28.4. The summed E-state index contributed by atoms with van der Waals surface area (Å²) < 4.78 is 13.0. The maximum Gasteiger partial charge on any atom is 0.407 e. The molecule has 3 N–H and O–H groups in total. The Morgan fingerprint density at radius 3 is 1.90 bits per heavy atom. The number of rotatable bonds is 14. The lowest BCUT2D eigenvalue weighted by molar-refractivity contribution is 0.0882. The average molecular weight is 710 g/mol. The van der Waals surface area contributed by atoms with Crippen molar-refractivity contribution in [2.24, 2.45) is 5.41 Å². The fourth-order valence-corrected chi connectivity index (χ4v) is 7.72. The van der Waals surface area contributed by atoms with Gasteiger partial charge in [-0.2, -0.15) is 0 Å². The molecular formula is C42H55N3O5Si. The van der Waals surface area contributed by atoms with Crippen molar-refractivity contribution < 1.29 is 23.9 Å². The van der Waals surface area contributed by atoms with Crippen LogP contribution in [0.2, 0.25) is 18.1 Å². The van der Waals surface area contributed by atoms with E-state index >= 15 is 0 Å². The zero-order valence-electron chi connectivity index (χ0n) is 31.4. The van der Waals surface area contributed by atoms with Gasteiger partial charge in [0.1, 0.15) is 6.61 Å². The minimum Gasteiger partial charge on any atom is -0.465 e. The van der Waals surface area contributed by atoms with Gasteiger partial charge in [-0.15, -0.1) is 0 Å². The molecule has 272 valence electrons. The molecule has 0 fully saturated rings. The molecule has 3 aromatic carbocycles. The number of amides is 2. The third-order valence-corrected chi connectivity index (χ3v) is 14.4. The average Bonchev–Trinajstić information content (AvgIpc) is 3.07. The fourth-order valence-electron chi connectivity index (χ4n) is 6.35. The van der Waals surface area contributed by atoms with Crippen molar-refractivity contribution in [3.63, 3.8) is 0 Å². The van der Waals surface area contributed by atoms with Crippen LogP contribution >= 0.6 is 0 Å². The molecule has 1 heterocycles. The van der Waals surface area contributed by atoms with E-state index in [1.165, 1.54) is 0 Å². The van der Waals surface area contributed by atoms with Crippen molar-refractivity contribution in [1.82, 2.24) is 15.6 Å². The lowest BCUT2D eigenvalue weighted by atomic mass is 9.70. The van der Waals surface area contributed by atoms with Gasteiger partial charge in [0, 0.05) is 24.4 Å². The number of benzene rings is 3. The molecule has 0 saturated heterocycles. The number of pyridine rings is 1. The monoisotopic (exact) mass is 709 g/mol. The van der Waals surface area contributed by atoms with E-state index in [-0.39, 0.29) is 23.0 Å². The molecule has 9 heteroatoms. The predicted molar refractivity (Wildman–Crippen MR) is 207 cm³/mol. The number of aromatic nitrogens is 1. The standard InChI is InChI=1S/C42H55N3O5Si/c1-41(2,3)38(33-23-21-32(22-24-33)34-20-15-25-43-28-34)36(45-40(48)49-29-31-18-13-10-14-19-31)27-37(50-51(7,8)42(4,5)6)35(44-39(46)47)26-30-16-11-9-12-17-30/h9-25,28,35-38,44H,26-27,29H2,1-8H3,(H,45,48)(H,46,47)/t35-,36-,37+,38?/m0/s1. The number of carbonyl (C=O) groups is 2. The molecule has 51 heavy (non-hydrogen) atoms. The molecule has 0 aliphatic heterocycles. The summed E-state index contributed by atoms with van der Waals surface area (Å²) in [6.45, 7) is 17.5. The summed E-state index contributed by atoms with van der Waals surface area (Å²) in [6, 6.07) is 30.7. The molecule has 8 nitrogen and oxygen atoms in total. The van der Waals surface area contributed by atoms with Gasteiger partial charge in [-0.1, -0.05) is 133 Å². The fraction of sp³-hybridized carbons (Fsp3) is 0.405. The van der Waals surface area contributed by atoms with Gasteiger partial charge in [0.15, 0.2) is 8.32 Å². The van der Waals surface area contributed by atoms with Crippen LogP contribution < -0.4 is 10.6 Å². The quantitative estimate of drug-likeness (QED) is 0.113. The second-order valence-corrected chi connectivity index (χ2v) is 20.7. The SMILES string of the molecule is CC(C)(C)C(c1ccc(-c2cccnc2)cc1)[C@H](C[C@@H](O[Si](C)(C)C(C)(C)C)[C@H](Cc1ccccc1)NC(=O)O)NC(=O)OCc1ccccc1. The number of nitrogens with one attached hydrogen (secondary N) is 2. The van der Waals surface area contributed by atoms with Gasteiger partial charge in [-0.25, -0.2) is 9.59 Å². The zero-order valence-corrected chi connectivity index (χ0v) is 32.4. The highest BCUT2D eigenvalue weighted by Crippen LogP contribution is 2.42. The van der Waals surface area contributed by atoms with Crippen molar-refractivity contribution in [3.05, 3.63) is 126 Å². The first-order valence-electron chi connectivity index (χ1n) is 17.7. The van der Waals surface area contributed by atoms with Crippen LogP contribution in [0.15, 0.2) is 109 Å². The lowest BCUT2D eigenvalue weighted by Crippen LogP contribution is -2.55. The maximum absolute atomic E-state index is 13.7. The molecule has 1 unspecified atom stereocenters. The summed E-state index contributed by atoms with van der Waals surface area (Å²) in [4.78, 5) is 30.4. The number of hydrogen-bond acceptors (Lipinski definition) is 5. The van der Waals surface area contributed by atoms with Crippen LogP contribution in [0, 0.1) is 5.41 Å². The van der Waals surface area contributed by atoms with Crippen LogP contribution in [0.3, 0.4) is 0 Å². The summed E-state index contributed by atoms with van der Waals surface area (Å²) >= 11 is 0. The Labute approximate surface area is 305 Å². The van der Waals surface area contributed by atoms with Crippen molar-refractivity contribution in [2.45, 2.75) is 103 Å². The summed E-state index contributed by atoms with van der Waals surface area (Å²) in [5.41, 5.74) is 4.64. The molecule has 0 spiro atoms. The summed E-state index contributed by atoms with van der Waals surface area (Å²) in [6.07, 6.45) is 2.14. The van der Waals surface area contributed by atoms with Crippen LogP contribution in [0.4, 0.5) is 9.59 Å². The molecule has 1 aromatic heterocycles. The Bertz CT molecular complexity index is 1670. The number of carbonyl (C=O) groups excluding carboxylic acids is 1. The van der Waals surface area contributed by atoms with Crippen LogP contribution in [-0.2, 0) is 22.2 Å². The molecule has 2 amide bonds. The first-order chi connectivity index (χ1) is 24.0. The smallest absolute Gasteiger partial charge is 0.407 e. The van der Waals surface area contributed by atoms with Gasteiger partial charge in [0.2, 0.25) is 0 Å². The molecular weight excluding hydrogens is 655 g/mol. The van der Waals surface area contributed by atoms with Gasteiger partial charge in [-0.05, 0) is 70.3 Å². The van der Waals surface area contributed by atoms with Gasteiger partial charge < -0.3 is 24.9 Å². The Hall–Kier alpha value is -4.47. The molecule has 4 rings (SSSR count). The minimum atomic E-state index is -2.45. The summed E-state index contributed by atoms with van der Waals surface area (Å²) in [5, 5.41) is 16.0. The molecule has 0 radical (unpaired) electrons. The van der Waals surface area contributed by atoms with Crippen molar-refractivity contribution >= 4 is 20.5 Å². The molecule has 0 saturated carbocycles. The lowest BCUT2D eigenvalue weighted by Gasteiger charge is -2.44. The topological polar surface area (TPSA) is 110 Å². The van der Waals surface area contributed by atoms with E-state index in [9.17, 15) is 14.7 Å². The van der Waals surface area contributed by atoms with E-state index in [1.54, 1.807) is 6.20 Å². The van der Waals surface area contributed by atoms with E-state index in [0.29, 0.717) is 12.8 Å². The first-order valence-corrected chi connectivity index (χ1v) is 20.6. The second-order valence-electron chi connectivity index (χ2n) is 15.9. The number of hydrogen-bond donors (Lipinski definition) is 3. The molecule has 0 bridgehead atoms. The van der Waals surface area contributed by atoms with Gasteiger partial charge in [0.25, 0.3) is 0 Å². The van der Waals surface area contributed by atoms with Crippen LogP contribution in [0.1, 0.15) is 70.6 Å². The Kier molecular flexibility index (Phi) is 13.2. The summed E-state index contributed by atoms with van der Waals surface area (Å²) in [5.74, 6) is -0.197. The number of alkyl carbamates (subject to hydrolysis) is 1.